The Morgan fingerprint density at radius 1 is 1.14 bits per heavy atom. The third-order valence-corrected chi connectivity index (χ3v) is 6.42. The smallest absolute Gasteiger partial charge is 0.416 e. The molecule has 3 N–H and O–H groups in total. The number of esters is 1. The minimum absolute atomic E-state index is 0.105. The van der Waals surface area contributed by atoms with E-state index >= 15 is 0 Å². The normalized spacial score (nSPS) is 12.0. The molecule has 0 amide bonds. The van der Waals surface area contributed by atoms with Crippen molar-refractivity contribution in [3.63, 3.8) is 0 Å². The number of rotatable bonds is 7. The van der Waals surface area contributed by atoms with Gasteiger partial charge in [-0.05, 0) is 37.3 Å². The van der Waals surface area contributed by atoms with E-state index in [1.54, 1.807) is 6.92 Å². The Morgan fingerprint density at radius 3 is 2.53 bits per heavy atom. The molecule has 14 heteroatoms. The molecule has 0 atom stereocenters. The maximum atomic E-state index is 13.0. The lowest BCUT2D eigenvalue weighted by molar-refractivity contribution is -0.144. The predicted octanol–water partition coefficient (Wildman–Crippen LogP) is 3.46. The summed E-state index contributed by atoms with van der Waals surface area (Å²) >= 11 is 0. The number of halogens is 3. The number of alkyl halides is 3. The molecular formula is C22H19F3N6O4S. The molecule has 36 heavy (non-hydrogen) atoms. The highest BCUT2D eigenvalue weighted by molar-refractivity contribution is 7.92. The van der Waals surface area contributed by atoms with Gasteiger partial charge in [-0.2, -0.15) is 18.3 Å². The largest absolute Gasteiger partial charge is 0.465 e. The second kappa shape index (κ2) is 9.45. The third-order valence-electron chi connectivity index (χ3n) is 5.02. The van der Waals surface area contributed by atoms with Crippen LogP contribution < -0.4 is 10.5 Å². The van der Waals surface area contributed by atoms with Gasteiger partial charge in [0.2, 0.25) is 0 Å². The number of hydrogen-bond acceptors (Lipinski definition) is 8. The molecule has 0 radical (unpaired) electrons. The Hall–Kier alpha value is -4.20. The molecule has 0 aliphatic carbocycles. The predicted molar refractivity (Wildman–Crippen MR) is 124 cm³/mol. The van der Waals surface area contributed by atoms with Crippen LogP contribution in [0.4, 0.5) is 24.7 Å². The van der Waals surface area contributed by atoms with Crippen molar-refractivity contribution in [3.05, 3.63) is 60.4 Å². The van der Waals surface area contributed by atoms with E-state index in [2.05, 4.69) is 19.8 Å². The summed E-state index contributed by atoms with van der Waals surface area (Å²) in [5.41, 5.74) is 5.84. The van der Waals surface area contributed by atoms with Crippen LogP contribution in [-0.4, -0.2) is 40.7 Å². The second-order valence-electron chi connectivity index (χ2n) is 7.48. The van der Waals surface area contributed by atoms with Crippen LogP contribution in [0, 0.1) is 0 Å². The summed E-state index contributed by atoms with van der Waals surface area (Å²) in [6.45, 7) is 1.63. The highest BCUT2D eigenvalue weighted by Gasteiger charge is 2.30. The third kappa shape index (κ3) is 5.07. The van der Waals surface area contributed by atoms with Crippen LogP contribution in [0.3, 0.4) is 0 Å². The number of ether oxygens (including phenoxy) is 1. The Kier molecular flexibility index (Phi) is 6.54. The molecule has 0 saturated heterocycles. The Bertz CT molecular complexity index is 1540. The van der Waals surface area contributed by atoms with Crippen LogP contribution in [0.25, 0.3) is 22.3 Å². The van der Waals surface area contributed by atoms with Gasteiger partial charge in [0.05, 0.1) is 22.5 Å². The zero-order valence-corrected chi connectivity index (χ0v) is 19.5. The van der Waals surface area contributed by atoms with Crippen molar-refractivity contribution >= 4 is 38.5 Å². The molecule has 0 bridgehead atoms. The zero-order valence-electron chi connectivity index (χ0n) is 18.7. The number of sulfonamides is 1. The molecule has 2 aromatic carbocycles. The summed E-state index contributed by atoms with van der Waals surface area (Å²) < 4.78 is 72.8. The van der Waals surface area contributed by atoms with Crippen molar-refractivity contribution in [2.24, 2.45) is 0 Å². The fourth-order valence-corrected chi connectivity index (χ4v) is 4.49. The highest BCUT2D eigenvalue weighted by atomic mass is 32.2. The van der Waals surface area contributed by atoms with E-state index in [-0.39, 0.29) is 35.2 Å². The molecule has 0 fully saturated rings. The number of nitrogens with zero attached hydrogens (tertiary/aromatic N) is 4. The van der Waals surface area contributed by atoms with Crippen LogP contribution in [0.2, 0.25) is 0 Å². The summed E-state index contributed by atoms with van der Waals surface area (Å²) in [6, 6.07) is 9.29. The van der Waals surface area contributed by atoms with Gasteiger partial charge in [-0.15, -0.1) is 0 Å². The Balaban J connectivity index is 1.66. The average molecular weight is 520 g/mol. The molecule has 0 unspecified atom stereocenters. The van der Waals surface area contributed by atoms with E-state index in [0.717, 1.165) is 12.1 Å². The van der Waals surface area contributed by atoms with Crippen molar-refractivity contribution in [1.29, 1.82) is 0 Å². The van der Waals surface area contributed by atoms with E-state index in [4.69, 9.17) is 10.5 Å². The topological polar surface area (TPSA) is 142 Å². The summed E-state index contributed by atoms with van der Waals surface area (Å²) in [5, 5.41) is 4.76. The van der Waals surface area contributed by atoms with Crippen LogP contribution >= 0.6 is 0 Å². The first-order valence-corrected chi connectivity index (χ1v) is 11.9. The molecule has 188 valence electrons. The fraction of sp³-hybridized carbons (Fsp3) is 0.182. The van der Waals surface area contributed by atoms with E-state index in [1.807, 2.05) is 0 Å². The molecule has 2 aromatic heterocycles. The van der Waals surface area contributed by atoms with Gasteiger partial charge >= 0.3 is 12.1 Å². The van der Waals surface area contributed by atoms with Crippen molar-refractivity contribution in [3.8, 4) is 11.3 Å². The summed E-state index contributed by atoms with van der Waals surface area (Å²) in [7, 11) is -4.20. The van der Waals surface area contributed by atoms with Crippen LogP contribution in [0.15, 0.2) is 59.8 Å². The average Bonchev–Trinajstić information content (AvgIpc) is 3.18. The lowest BCUT2D eigenvalue weighted by Crippen LogP contribution is -2.15. The lowest BCUT2D eigenvalue weighted by atomic mass is 10.1. The van der Waals surface area contributed by atoms with E-state index in [0.29, 0.717) is 22.7 Å². The van der Waals surface area contributed by atoms with Crippen LogP contribution in [-0.2, 0) is 32.3 Å². The molecule has 4 aromatic rings. The number of carbonyl (C=O) groups is 1. The van der Waals surface area contributed by atoms with Crippen molar-refractivity contribution in [1.82, 2.24) is 19.7 Å². The van der Waals surface area contributed by atoms with Crippen LogP contribution in [0.5, 0.6) is 0 Å². The molecule has 0 saturated carbocycles. The Labute approximate surface area is 203 Å². The van der Waals surface area contributed by atoms with E-state index in [9.17, 15) is 26.4 Å². The number of benzene rings is 2. The molecule has 0 aliphatic rings. The number of nitrogens with two attached hydrogens (primary N) is 1. The molecule has 2 heterocycles. The Morgan fingerprint density at radius 2 is 1.86 bits per heavy atom. The number of fused-ring (bicyclic) bond motifs is 1. The van der Waals surface area contributed by atoms with E-state index in [1.165, 1.54) is 41.3 Å². The van der Waals surface area contributed by atoms with Crippen molar-refractivity contribution < 1.29 is 31.1 Å². The van der Waals surface area contributed by atoms with Crippen molar-refractivity contribution in [2.45, 2.75) is 24.5 Å². The maximum absolute atomic E-state index is 13.0. The number of aromatic nitrogens is 4. The first kappa shape index (κ1) is 24.9. The highest BCUT2D eigenvalue weighted by Crippen LogP contribution is 2.32. The van der Waals surface area contributed by atoms with Gasteiger partial charge < -0.3 is 10.5 Å². The molecule has 4 rings (SSSR count). The number of nitrogens with one attached hydrogen (secondary N) is 1. The molecule has 0 spiro atoms. The zero-order chi connectivity index (χ0) is 26.1. The lowest BCUT2D eigenvalue weighted by Gasteiger charge is -2.11. The van der Waals surface area contributed by atoms with Gasteiger partial charge in [-0.1, -0.05) is 18.2 Å². The second-order valence-corrected chi connectivity index (χ2v) is 9.16. The van der Waals surface area contributed by atoms with E-state index < -0.39 is 27.7 Å². The van der Waals surface area contributed by atoms with Gasteiger partial charge in [0.1, 0.15) is 24.4 Å². The standard InChI is InChI=1S/C22H19F3N6O4S/c1-2-35-17(32)11-31-21-18(20(26)27-12-28-21)19(29-31)13-6-8-16(9-7-13)36(33,34)30-15-5-3-4-14(10-15)22(23,24)25/h3-10,12,30H,2,11H2,1H3,(H2,26,27,28). The number of anilines is 2. The first-order valence-electron chi connectivity index (χ1n) is 10.4. The van der Waals surface area contributed by atoms with Gasteiger partial charge in [0.15, 0.2) is 5.65 Å². The summed E-state index contributed by atoms with van der Waals surface area (Å²) in [4.78, 5) is 19.9. The van der Waals surface area contributed by atoms with Gasteiger partial charge in [0.25, 0.3) is 10.0 Å². The SMILES string of the molecule is CCOC(=O)Cn1nc(-c2ccc(S(=O)(=O)Nc3cccc(C(F)(F)F)c3)cc2)c2c(N)ncnc21. The summed E-state index contributed by atoms with van der Waals surface area (Å²) in [6.07, 6.45) is -3.39. The summed E-state index contributed by atoms with van der Waals surface area (Å²) in [5.74, 6) is -0.430. The number of hydrogen-bond donors (Lipinski definition) is 2. The molecule has 10 nitrogen and oxygen atoms in total. The van der Waals surface area contributed by atoms with Crippen LogP contribution in [0.1, 0.15) is 12.5 Å². The number of carbonyl (C=O) groups excluding carboxylic acids is 1. The molecule has 0 aliphatic heterocycles. The van der Waals surface area contributed by atoms with Gasteiger partial charge in [0, 0.05) is 11.3 Å². The number of nitrogen functional groups attached to an aromatic ring is 1. The first-order chi connectivity index (χ1) is 17.0. The van der Waals surface area contributed by atoms with Gasteiger partial charge in [-0.3, -0.25) is 9.52 Å². The molecular weight excluding hydrogens is 501 g/mol. The van der Waals surface area contributed by atoms with Gasteiger partial charge in [-0.25, -0.2) is 23.1 Å². The minimum atomic E-state index is -4.62. The van der Waals surface area contributed by atoms with Crippen molar-refractivity contribution in [2.75, 3.05) is 17.1 Å². The fourth-order valence-electron chi connectivity index (χ4n) is 3.44. The quantitative estimate of drug-likeness (QED) is 0.353. The maximum Gasteiger partial charge on any atom is 0.416 e. The monoisotopic (exact) mass is 520 g/mol. The minimum Gasteiger partial charge on any atom is -0.465 e.